The summed E-state index contributed by atoms with van der Waals surface area (Å²) in [5, 5.41) is 0. The average Bonchev–Trinajstić information content (AvgIpc) is 2.32. The maximum atomic E-state index is 5.11. The van der Waals surface area contributed by atoms with Crippen molar-refractivity contribution in [2.45, 2.75) is 38.8 Å². The molecule has 1 heterocycles. The molecule has 0 saturated carbocycles. The number of nitrogens with two attached hydrogens (primary N) is 1. The highest BCUT2D eigenvalue weighted by Crippen LogP contribution is 2.20. The Morgan fingerprint density at radius 3 is 2.36 bits per heavy atom. The van der Waals surface area contributed by atoms with Crippen molar-refractivity contribution in [2.75, 3.05) is 13.1 Å². The van der Waals surface area contributed by atoms with Gasteiger partial charge in [0.25, 0.3) is 0 Å². The van der Waals surface area contributed by atoms with Gasteiger partial charge in [0.2, 0.25) is 0 Å². The van der Waals surface area contributed by atoms with Crippen molar-refractivity contribution >= 4 is 0 Å². The van der Waals surface area contributed by atoms with Crippen LogP contribution in [-0.2, 0) is 4.84 Å². The molecule has 0 aromatic carbocycles. The van der Waals surface area contributed by atoms with Crippen molar-refractivity contribution < 1.29 is 4.84 Å². The van der Waals surface area contributed by atoms with E-state index in [-0.39, 0.29) is 11.6 Å². The normalized spacial score (nSPS) is 27.8. The summed E-state index contributed by atoms with van der Waals surface area (Å²) in [7, 11) is 0. The molecule has 1 saturated heterocycles. The van der Waals surface area contributed by atoms with Gasteiger partial charge in [-0.05, 0) is 27.2 Å². The maximum absolute atomic E-state index is 5.11. The first-order valence-electron chi connectivity index (χ1n) is 4.14. The monoisotopic (exact) mass is 158 g/mol. The quantitative estimate of drug-likeness (QED) is 0.572. The van der Waals surface area contributed by atoms with E-state index in [0.717, 1.165) is 19.5 Å². The van der Waals surface area contributed by atoms with Crippen LogP contribution in [0.15, 0.2) is 0 Å². The lowest BCUT2D eigenvalue weighted by Gasteiger charge is -2.31. The van der Waals surface area contributed by atoms with E-state index in [2.05, 4.69) is 25.7 Å². The summed E-state index contributed by atoms with van der Waals surface area (Å²) in [6, 6.07) is 0. The molecule has 11 heavy (non-hydrogen) atoms. The number of hydrogen-bond donors (Lipinski definition) is 1. The highest BCUT2D eigenvalue weighted by atomic mass is 16.6. The molecule has 0 spiro atoms. The lowest BCUT2D eigenvalue weighted by molar-refractivity contribution is 0.0492. The lowest BCUT2D eigenvalue weighted by atomic mass is 10.1. The van der Waals surface area contributed by atoms with E-state index < -0.39 is 0 Å². The topological polar surface area (TPSA) is 38.5 Å². The van der Waals surface area contributed by atoms with Crippen molar-refractivity contribution in [3.8, 4) is 0 Å². The van der Waals surface area contributed by atoms with E-state index in [1.54, 1.807) is 0 Å². The van der Waals surface area contributed by atoms with Crippen LogP contribution in [0.2, 0.25) is 0 Å². The SMILES string of the molecule is CC(C)(C)N1CCC(ON)C1. The van der Waals surface area contributed by atoms with Gasteiger partial charge in [-0.15, -0.1) is 0 Å². The van der Waals surface area contributed by atoms with Gasteiger partial charge >= 0.3 is 0 Å². The summed E-state index contributed by atoms with van der Waals surface area (Å²) < 4.78 is 0. The molecule has 0 radical (unpaired) electrons. The Labute approximate surface area is 68.5 Å². The minimum absolute atomic E-state index is 0.245. The molecule has 1 atom stereocenters. The van der Waals surface area contributed by atoms with Crippen LogP contribution in [0.25, 0.3) is 0 Å². The molecule has 66 valence electrons. The molecule has 3 nitrogen and oxygen atoms in total. The van der Waals surface area contributed by atoms with Gasteiger partial charge < -0.3 is 0 Å². The Morgan fingerprint density at radius 1 is 1.45 bits per heavy atom. The van der Waals surface area contributed by atoms with Crippen LogP contribution in [0.5, 0.6) is 0 Å². The standard InChI is InChI=1S/C8H18N2O/c1-8(2,3)10-5-4-7(6-10)11-9/h7H,4-6,9H2,1-3H3. The lowest BCUT2D eigenvalue weighted by Crippen LogP contribution is -2.40. The predicted octanol–water partition coefficient (Wildman–Crippen LogP) is 0.750. The Kier molecular flexibility index (Phi) is 2.52. The summed E-state index contributed by atoms with van der Waals surface area (Å²) in [6.07, 6.45) is 1.31. The zero-order valence-electron chi connectivity index (χ0n) is 7.63. The van der Waals surface area contributed by atoms with Crippen molar-refractivity contribution in [1.29, 1.82) is 0 Å². The Morgan fingerprint density at radius 2 is 2.09 bits per heavy atom. The highest BCUT2D eigenvalue weighted by molar-refractivity contribution is 4.84. The maximum Gasteiger partial charge on any atom is 0.0926 e. The molecule has 1 rings (SSSR count). The van der Waals surface area contributed by atoms with E-state index in [9.17, 15) is 0 Å². The first-order chi connectivity index (χ1) is 5.04. The van der Waals surface area contributed by atoms with Crippen LogP contribution >= 0.6 is 0 Å². The first-order valence-corrected chi connectivity index (χ1v) is 4.14. The zero-order valence-corrected chi connectivity index (χ0v) is 7.63. The minimum Gasteiger partial charge on any atom is -0.300 e. The fourth-order valence-electron chi connectivity index (χ4n) is 1.45. The third-order valence-electron chi connectivity index (χ3n) is 2.29. The second-order valence-electron chi connectivity index (χ2n) is 4.16. The van der Waals surface area contributed by atoms with Crippen molar-refractivity contribution in [3.05, 3.63) is 0 Å². The average molecular weight is 158 g/mol. The first kappa shape index (κ1) is 8.97. The molecule has 1 aliphatic rings. The molecule has 1 aliphatic heterocycles. The second-order valence-corrected chi connectivity index (χ2v) is 4.16. The van der Waals surface area contributed by atoms with Crippen LogP contribution in [0.1, 0.15) is 27.2 Å². The number of hydrogen-bond acceptors (Lipinski definition) is 3. The van der Waals surface area contributed by atoms with Gasteiger partial charge in [0.15, 0.2) is 0 Å². The second kappa shape index (κ2) is 3.09. The molecule has 0 aromatic heterocycles. The van der Waals surface area contributed by atoms with Crippen LogP contribution < -0.4 is 5.90 Å². The van der Waals surface area contributed by atoms with E-state index >= 15 is 0 Å². The van der Waals surface area contributed by atoms with Gasteiger partial charge in [0.1, 0.15) is 0 Å². The van der Waals surface area contributed by atoms with Gasteiger partial charge in [0, 0.05) is 18.6 Å². The molecule has 3 heteroatoms. The number of rotatable bonds is 1. The summed E-state index contributed by atoms with van der Waals surface area (Å²) in [5.74, 6) is 5.11. The molecule has 0 amide bonds. The van der Waals surface area contributed by atoms with Gasteiger partial charge in [-0.3, -0.25) is 9.74 Å². The molecule has 0 aromatic rings. The van der Waals surface area contributed by atoms with Crippen molar-refractivity contribution in [3.63, 3.8) is 0 Å². The van der Waals surface area contributed by atoms with Crippen LogP contribution in [0.4, 0.5) is 0 Å². The van der Waals surface area contributed by atoms with E-state index in [1.807, 2.05) is 0 Å². The molecule has 0 bridgehead atoms. The van der Waals surface area contributed by atoms with E-state index in [4.69, 9.17) is 10.7 Å². The smallest absolute Gasteiger partial charge is 0.0926 e. The summed E-state index contributed by atoms with van der Waals surface area (Å²) in [4.78, 5) is 7.19. The molecular weight excluding hydrogens is 140 g/mol. The molecule has 2 N–H and O–H groups in total. The van der Waals surface area contributed by atoms with E-state index in [0.29, 0.717) is 0 Å². The number of nitrogens with zero attached hydrogens (tertiary/aromatic N) is 1. The molecule has 1 unspecified atom stereocenters. The molecular formula is C8H18N2O. The van der Waals surface area contributed by atoms with Gasteiger partial charge in [-0.1, -0.05) is 0 Å². The minimum atomic E-state index is 0.245. The molecule has 0 aliphatic carbocycles. The number of likely N-dealkylation sites (tertiary alicyclic amines) is 1. The summed E-state index contributed by atoms with van der Waals surface area (Å²) >= 11 is 0. The van der Waals surface area contributed by atoms with E-state index in [1.165, 1.54) is 0 Å². The van der Waals surface area contributed by atoms with Crippen molar-refractivity contribution in [1.82, 2.24) is 4.90 Å². The van der Waals surface area contributed by atoms with Crippen LogP contribution in [-0.4, -0.2) is 29.6 Å². The Balaban J connectivity index is 2.42. The Bertz CT molecular complexity index is 131. The third kappa shape index (κ3) is 2.15. The predicted molar refractivity (Wildman–Crippen MR) is 45.0 cm³/mol. The van der Waals surface area contributed by atoms with Crippen LogP contribution in [0.3, 0.4) is 0 Å². The Hall–Kier alpha value is -0.120. The van der Waals surface area contributed by atoms with Crippen molar-refractivity contribution in [2.24, 2.45) is 5.90 Å². The summed E-state index contributed by atoms with van der Waals surface area (Å²) in [6.45, 7) is 8.72. The highest BCUT2D eigenvalue weighted by Gasteiger charge is 2.30. The largest absolute Gasteiger partial charge is 0.300 e. The van der Waals surface area contributed by atoms with Gasteiger partial charge in [-0.25, -0.2) is 5.90 Å². The fraction of sp³-hybridized carbons (Fsp3) is 1.00. The fourth-order valence-corrected chi connectivity index (χ4v) is 1.45. The molecule has 1 fully saturated rings. The van der Waals surface area contributed by atoms with Gasteiger partial charge in [0.05, 0.1) is 6.10 Å². The van der Waals surface area contributed by atoms with Crippen LogP contribution in [0, 0.1) is 0 Å². The third-order valence-corrected chi connectivity index (χ3v) is 2.29. The zero-order chi connectivity index (χ0) is 8.48. The summed E-state index contributed by atoms with van der Waals surface area (Å²) in [5.41, 5.74) is 0.257. The van der Waals surface area contributed by atoms with Gasteiger partial charge in [-0.2, -0.15) is 0 Å².